The minimum absolute atomic E-state index is 0.00173. The van der Waals surface area contributed by atoms with Crippen molar-refractivity contribution in [1.82, 2.24) is 42.5 Å². The molecule has 1 aromatic carbocycles. The number of aliphatic imine (C=N–C) groups is 2. The van der Waals surface area contributed by atoms with Crippen molar-refractivity contribution in [3.8, 4) is 5.75 Å². The summed E-state index contributed by atoms with van der Waals surface area (Å²) in [5.74, 6) is -8.57. The topological polar surface area (TPSA) is 491 Å². The molecule has 28 heteroatoms. The van der Waals surface area contributed by atoms with E-state index in [9.17, 15) is 58.5 Å². The number of guanidine groups is 2. The quantitative estimate of drug-likeness (QED) is 0.0181. The fourth-order valence-corrected chi connectivity index (χ4v) is 5.53. The maximum absolute atomic E-state index is 13.4. The number of amides is 8. The van der Waals surface area contributed by atoms with Gasteiger partial charge in [0.2, 0.25) is 47.3 Å². The van der Waals surface area contributed by atoms with Crippen molar-refractivity contribution in [3.05, 3.63) is 29.8 Å². The minimum Gasteiger partial charge on any atom is -0.508 e. The zero-order chi connectivity index (χ0) is 49.6. The van der Waals surface area contributed by atoms with Crippen molar-refractivity contribution < 1.29 is 58.5 Å². The van der Waals surface area contributed by atoms with Gasteiger partial charge in [0.1, 0.15) is 29.9 Å². The first-order valence-electron chi connectivity index (χ1n) is 20.7. The molecule has 0 aromatic heterocycles. The highest BCUT2D eigenvalue weighted by Gasteiger charge is 2.30. The van der Waals surface area contributed by atoms with Crippen LogP contribution in [0.2, 0.25) is 0 Å². The third-order valence-corrected chi connectivity index (χ3v) is 9.05. The molecule has 1 aromatic rings. The molecule has 1 rings (SSSR count). The number of aliphatic hydroxyl groups is 1. The summed E-state index contributed by atoms with van der Waals surface area (Å²) < 4.78 is 0. The van der Waals surface area contributed by atoms with Crippen LogP contribution in [0.5, 0.6) is 5.75 Å². The molecule has 0 bridgehead atoms. The Hall–Kier alpha value is -7.33. The van der Waals surface area contributed by atoms with Gasteiger partial charge in [0.05, 0.1) is 38.8 Å². The minimum atomic E-state index is -1.63. The maximum Gasteiger partial charge on any atom is 0.326 e. The van der Waals surface area contributed by atoms with E-state index in [-0.39, 0.29) is 69.3 Å². The van der Waals surface area contributed by atoms with E-state index >= 15 is 0 Å². The molecule has 23 N–H and O–H groups in total. The Morgan fingerprint density at radius 2 is 1.00 bits per heavy atom. The highest BCUT2D eigenvalue weighted by atomic mass is 16.4. The first kappa shape index (κ1) is 56.7. The molecular formula is C38H64N16O12. The lowest BCUT2D eigenvalue weighted by molar-refractivity contribution is -0.141. The molecule has 5 atom stereocenters. The van der Waals surface area contributed by atoms with Gasteiger partial charge in [-0.15, -0.1) is 0 Å². The lowest BCUT2D eigenvalue weighted by atomic mass is 10.1. The van der Waals surface area contributed by atoms with Crippen molar-refractivity contribution in [3.63, 3.8) is 0 Å². The number of hydrogen-bond donors (Lipinski definition) is 17. The predicted octanol–water partition coefficient (Wildman–Crippen LogP) is -8.02. The van der Waals surface area contributed by atoms with E-state index in [0.29, 0.717) is 24.9 Å². The second kappa shape index (κ2) is 31.5. The van der Waals surface area contributed by atoms with Gasteiger partial charge in [-0.2, -0.15) is 0 Å². The van der Waals surface area contributed by atoms with Crippen LogP contribution in [0, 0.1) is 0 Å². The Labute approximate surface area is 379 Å². The van der Waals surface area contributed by atoms with Gasteiger partial charge in [-0.3, -0.25) is 48.3 Å². The number of carbonyl (C=O) groups excluding carboxylic acids is 8. The zero-order valence-corrected chi connectivity index (χ0v) is 36.4. The summed E-state index contributed by atoms with van der Waals surface area (Å²) in [6.45, 7) is -2.99. The number of benzene rings is 1. The summed E-state index contributed by atoms with van der Waals surface area (Å²) in [7, 11) is 0. The lowest BCUT2D eigenvalue weighted by Crippen LogP contribution is -2.59. The molecule has 66 heavy (non-hydrogen) atoms. The highest BCUT2D eigenvalue weighted by Crippen LogP contribution is 2.11. The molecule has 28 nitrogen and oxygen atoms in total. The Morgan fingerprint density at radius 3 is 1.48 bits per heavy atom. The van der Waals surface area contributed by atoms with Crippen LogP contribution in [0.4, 0.5) is 0 Å². The fourth-order valence-electron chi connectivity index (χ4n) is 5.53. The van der Waals surface area contributed by atoms with Crippen LogP contribution in [0.3, 0.4) is 0 Å². The number of nitrogens with zero attached hydrogens (tertiary/aromatic N) is 2. The van der Waals surface area contributed by atoms with E-state index in [1.807, 2.05) is 0 Å². The summed E-state index contributed by atoms with van der Waals surface area (Å²) in [5.41, 5.74) is 33.5. The molecule has 0 spiro atoms. The van der Waals surface area contributed by atoms with E-state index in [1.54, 1.807) is 0 Å². The van der Waals surface area contributed by atoms with Crippen LogP contribution in [0.25, 0.3) is 0 Å². The molecule has 0 saturated heterocycles. The number of aliphatic carboxylic acids is 1. The largest absolute Gasteiger partial charge is 0.508 e. The number of phenolic OH excluding ortho intramolecular Hbond substituents is 1. The summed E-state index contributed by atoms with van der Waals surface area (Å²) in [6.07, 6.45) is 1.62. The second-order valence-corrected chi connectivity index (χ2v) is 14.5. The number of unbranched alkanes of at least 4 members (excludes halogenated alkanes) is 1. The molecule has 0 aliphatic heterocycles. The van der Waals surface area contributed by atoms with Crippen LogP contribution >= 0.6 is 0 Å². The fraction of sp³-hybridized carbons (Fsp3) is 0.553. The summed E-state index contributed by atoms with van der Waals surface area (Å²) in [5, 5.41) is 47.4. The van der Waals surface area contributed by atoms with E-state index < -0.39 is 116 Å². The molecule has 0 radical (unpaired) electrons. The monoisotopic (exact) mass is 936 g/mol. The number of carbonyl (C=O) groups is 9. The molecule has 0 aliphatic carbocycles. The molecule has 0 unspecified atom stereocenters. The van der Waals surface area contributed by atoms with Crippen LogP contribution in [-0.4, -0.2) is 163 Å². The smallest absolute Gasteiger partial charge is 0.326 e. The van der Waals surface area contributed by atoms with E-state index in [4.69, 9.17) is 34.4 Å². The van der Waals surface area contributed by atoms with Crippen molar-refractivity contribution in [1.29, 1.82) is 0 Å². The van der Waals surface area contributed by atoms with Crippen LogP contribution < -0.4 is 76.9 Å². The number of nitrogens with two attached hydrogens (primary N) is 6. The van der Waals surface area contributed by atoms with Gasteiger partial charge < -0.3 is 92.3 Å². The van der Waals surface area contributed by atoms with Crippen molar-refractivity contribution in [2.75, 3.05) is 52.4 Å². The number of carboxylic acid groups (broad SMARTS) is 1. The van der Waals surface area contributed by atoms with Gasteiger partial charge in [-0.05, 0) is 62.8 Å². The number of hydrogen-bond acceptors (Lipinski definition) is 15. The van der Waals surface area contributed by atoms with E-state index in [0.717, 1.165) is 0 Å². The number of phenols is 1. The van der Waals surface area contributed by atoms with Gasteiger partial charge in [0, 0.05) is 19.5 Å². The Morgan fingerprint density at radius 1 is 0.545 bits per heavy atom. The highest BCUT2D eigenvalue weighted by molar-refractivity contribution is 5.96. The Kier molecular flexibility index (Phi) is 27.1. The average molecular weight is 937 g/mol. The summed E-state index contributed by atoms with van der Waals surface area (Å²) in [6, 6.07) is -0.880. The normalized spacial score (nSPS) is 12.8. The average Bonchev–Trinajstić information content (AvgIpc) is 3.27. The van der Waals surface area contributed by atoms with Gasteiger partial charge in [0.25, 0.3) is 0 Å². The van der Waals surface area contributed by atoms with Crippen molar-refractivity contribution in [2.45, 2.75) is 81.6 Å². The molecular weight excluding hydrogens is 873 g/mol. The zero-order valence-electron chi connectivity index (χ0n) is 36.4. The summed E-state index contributed by atoms with van der Waals surface area (Å²) in [4.78, 5) is 121. The van der Waals surface area contributed by atoms with Gasteiger partial charge in [-0.1, -0.05) is 18.6 Å². The maximum atomic E-state index is 13.4. The van der Waals surface area contributed by atoms with Gasteiger partial charge >= 0.3 is 5.97 Å². The van der Waals surface area contributed by atoms with Crippen molar-refractivity contribution >= 4 is 65.1 Å². The van der Waals surface area contributed by atoms with E-state index in [1.165, 1.54) is 24.3 Å². The number of carboxylic acids is 1. The van der Waals surface area contributed by atoms with Gasteiger partial charge in [-0.25, -0.2) is 4.79 Å². The molecule has 368 valence electrons. The lowest BCUT2D eigenvalue weighted by Gasteiger charge is -2.25. The van der Waals surface area contributed by atoms with Gasteiger partial charge in [0.15, 0.2) is 11.9 Å². The molecule has 0 aliphatic rings. The molecule has 0 saturated carbocycles. The third-order valence-electron chi connectivity index (χ3n) is 9.05. The predicted molar refractivity (Wildman–Crippen MR) is 237 cm³/mol. The SMILES string of the molecule is NCCCC[C@H](N)C(=O)N[C@@H](CCCN=C(N)N)C(=O)N[C@@H](CO)C(=O)N[C@@H](CCCN=C(N)N)C(=O)NCC(=O)NCC(=O)NCC(=O)NCC(=O)N[C@@H](Cc1ccc(O)cc1)C(=O)O. The van der Waals surface area contributed by atoms with Crippen LogP contribution in [0.15, 0.2) is 34.3 Å². The number of rotatable bonds is 32. The Balaban J connectivity index is 2.78. The standard InChI is InChI=1S/C38H64N16O12/c39-12-2-1-5-23(40)32(61)52-25(7-4-14-46-38(43)44)34(63)54-27(20-55)35(64)53-24(6-3-13-45-37(41)42)33(62)50-18-30(59)48-16-28(57)47-17-29(58)49-19-31(60)51-26(36(65)66)15-21-8-10-22(56)11-9-21/h8-11,23-27,55-56H,1-7,12-20,39-40H2,(H,47,57)(H,48,59)(H,49,58)(H,50,62)(H,51,60)(H,52,61)(H,53,64)(H,54,63)(H,65,66)(H4,41,42,45)(H4,43,44,46)/t23-,24-,25-,26-,27-/m0/s1. The third kappa shape index (κ3) is 25.1. The van der Waals surface area contributed by atoms with Crippen LogP contribution in [0.1, 0.15) is 50.5 Å². The van der Waals surface area contributed by atoms with Crippen molar-refractivity contribution in [2.24, 2.45) is 44.4 Å². The molecule has 0 fully saturated rings. The first-order chi connectivity index (χ1) is 31.2. The second-order valence-electron chi connectivity index (χ2n) is 14.5. The number of aliphatic hydroxyl groups excluding tert-OH is 1. The molecule has 0 heterocycles. The number of aromatic hydroxyl groups is 1. The van der Waals surface area contributed by atoms with Crippen LogP contribution in [-0.2, 0) is 49.6 Å². The van der Waals surface area contributed by atoms with E-state index in [2.05, 4.69) is 52.5 Å². The first-order valence-corrected chi connectivity index (χ1v) is 20.7. The number of nitrogens with one attached hydrogen (secondary N) is 8. The Bertz CT molecular complexity index is 1840. The summed E-state index contributed by atoms with van der Waals surface area (Å²) >= 11 is 0. The molecule has 8 amide bonds.